The van der Waals surface area contributed by atoms with Gasteiger partial charge in [-0.1, -0.05) is 70.2 Å². The number of nitrogens with zero attached hydrogens (tertiary/aromatic N) is 4. The lowest BCUT2D eigenvalue weighted by Crippen LogP contribution is -2.52. The first-order chi connectivity index (χ1) is 29.5. The number of benzene rings is 2. The third-order valence-electron chi connectivity index (χ3n) is 8.73. The van der Waals surface area contributed by atoms with Gasteiger partial charge in [0, 0.05) is 67.4 Å². The number of aliphatic imine (C=N–C) groups is 1. The average molecular weight is 879 g/mol. The first-order valence-electron chi connectivity index (χ1n) is 19.4. The van der Waals surface area contributed by atoms with E-state index < -0.39 is 35.8 Å². The molecule has 0 aliphatic heterocycles. The van der Waals surface area contributed by atoms with Gasteiger partial charge >= 0.3 is 5.97 Å². The van der Waals surface area contributed by atoms with Crippen molar-refractivity contribution in [3.8, 4) is 0 Å². The molecule has 0 fully saturated rings. The molecule has 0 saturated carbocycles. The number of aliphatic hydroxyl groups is 4. The highest BCUT2D eigenvalue weighted by Gasteiger charge is 2.21. The van der Waals surface area contributed by atoms with E-state index in [-0.39, 0.29) is 51.0 Å². The maximum absolute atomic E-state index is 12.7. The number of allylic oxidation sites excluding steroid dienone is 3. The third-order valence-corrected chi connectivity index (χ3v) is 11.2. The fraction of sp³-hybridized carbons (Fsp3) is 0.349. The van der Waals surface area contributed by atoms with Gasteiger partial charge in [-0.25, -0.2) is 4.79 Å². The van der Waals surface area contributed by atoms with Crippen LogP contribution in [0.1, 0.15) is 23.6 Å². The predicted molar refractivity (Wildman–Crippen MR) is 239 cm³/mol. The molecule has 0 aliphatic rings. The fourth-order valence-corrected chi connectivity index (χ4v) is 7.81. The largest absolute Gasteiger partial charge is 0.548 e. The van der Waals surface area contributed by atoms with Crippen LogP contribution in [0, 0.1) is 0 Å². The van der Waals surface area contributed by atoms with Gasteiger partial charge in [-0.15, -0.1) is 0 Å². The number of hydrogen-bond donors (Lipinski definition) is 7. The number of carbonyl (C=O) groups excluding carboxylic acids is 3. The zero-order chi connectivity index (χ0) is 44.4. The van der Waals surface area contributed by atoms with Crippen molar-refractivity contribution in [2.75, 3.05) is 80.5 Å². The quantitative estimate of drug-likeness (QED) is 0.0174. The summed E-state index contributed by atoms with van der Waals surface area (Å²) in [5, 5.41) is 63.3. The van der Waals surface area contributed by atoms with Gasteiger partial charge in [0.1, 0.15) is 12.6 Å². The highest BCUT2D eigenvalue weighted by atomic mass is 33.1. The molecule has 18 heteroatoms. The SMILES string of the molecule is CC(/C=C/c1ccc(N(CCO)CCO)cc1)=C\C=NCC(=O)NC(CSSCC(NC(=O)C[n+]1ccc(/C=C/c2ccc(N(CCO)CCO)cc2)cc1)C(=O)[O-])C(=O)O. The van der Waals surface area contributed by atoms with Gasteiger partial charge in [0.15, 0.2) is 12.4 Å². The summed E-state index contributed by atoms with van der Waals surface area (Å²) in [6.45, 7) is 2.97. The van der Waals surface area contributed by atoms with Gasteiger partial charge in [0.2, 0.25) is 12.5 Å². The predicted octanol–water partition coefficient (Wildman–Crippen LogP) is 0.643. The molecule has 7 N–H and O–H groups in total. The van der Waals surface area contributed by atoms with E-state index in [1.54, 1.807) is 35.2 Å². The van der Waals surface area contributed by atoms with E-state index in [0.717, 1.165) is 55.2 Å². The number of carboxylic acids is 2. The third kappa shape index (κ3) is 19.2. The second-order valence-electron chi connectivity index (χ2n) is 13.4. The first kappa shape index (κ1) is 49.9. The Labute approximate surface area is 363 Å². The number of aliphatic hydroxyl groups excluding tert-OH is 4. The fourth-order valence-electron chi connectivity index (χ4n) is 5.50. The Hall–Kier alpha value is -5.50. The van der Waals surface area contributed by atoms with E-state index in [2.05, 4.69) is 15.6 Å². The molecule has 61 heavy (non-hydrogen) atoms. The maximum Gasteiger partial charge on any atom is 0.327 e. The van der Waals surface area contributed by atoms with Crippen LogP contribution in [0.25, 0.3) is 18.2 Å². The van der Waals surface area contributed by atoms with Crippen molar-refractivity contribution in [3.63, 3.8) is 0 Å². The number of rotatable bonds is 28. The molecule has 0 bridgehead atoms. The van der Waals surface area contributed by atoms with Crippen LogP contribution < -0.4 is 30.1 Å². The Balaban J connectivity index is 1.40. The second kappa shape index (κ2) is 28.1. The summed E-state index contributed by atoms with van der Waals surface area (Å²) in [4.78, 5) is 56.5. The molecule has 0 radical (unpaired) electrons. The van der Waals surface area contributed by atoms with Crippen molar-refractivity contribution in [3.05, 3.63) is 107 Å². The zero-order valence-corrected chi connectivity index (χ0v) is 35.5. The highest BCUT2D eigenvalue weighted by Crippen LogP contribution is 2.23. The lowest BCUT2D eigenvalue weighted by atomic mass is 10.1. The van der Waals surface area contributed by atoms with Gasteiger partial charge in [-0.2, -0.15) is 4.57 Å². The smallest absolute Gasteiger partial charge is 0.327 e. The van der Waals surface area contributed by atoms with Gasteiger partial charge in [0.05, 0.1) is 38.4 Å². The van der Waals surface area contributed by atoms with Crippen LogP contribution >= 0.6 is 21.6 Å². The minimum Gasteiger partial charge on any atom is -0.548 e. The summed E-state index contributed by atoms with van der Waals surface area (Å²) in [6.07, 6.45) is 14.1. The maximum atomic E-state index is 12.7. The Kier molecular flexibility index (Phi) is 23.0. The van der Waals surface area contributed by atoms with Crippen LogP contribution in [0.4, 0.5) is 11.4 Å². The highest BCUT2D eigenvalue weighted by molar-refractivity contribution is 8.76. The molecule has 0 spiro atoms. The molecule has 0 saturated heterocycles. The Morgan fingerprint density at radius 2 is 1.16 bits per heavy atom. The van der Waals surface area contributed by atoms with E-state index in [1.807, 2.05) is 89.6 Å². The van der Waals surface area contributed by atoms with Gasteiger partial charge in [-0.05, 0) is 59.5 Å². The summed E-state index contributed by atoms with van der Waals surface area (Å²) in [7, 11) is 2.05. The number of carboxylic acid groups (broad SMARTS) is 2. The molecule has 2 atom stereocenters. The number of nitrogens with one attached hydrogen (secondary N) is 2. The van der Waals surface area contributed by atoms with Crippen LogP contribution in [-0.2, 0) is 25.7 Å². The molecule has 3 aromatic rings. The van der Waals surface area contributed by atoms with E-state index in [0.29, 0.717) is 26.2 Å². The van der Waals surface area contributed by atoms with Crippen molar-refractivity contribution < 1.29 is 54.4 Å². The van der Waals surface area contributed by atoms with Gasteiger partial charge in [0.25, 0.3) is 5.91 Å². The summed E-state index contributed by atoms with van der Waals surface area (Å²) < 4.78 is 1.59. The molecule has 328 valence electrons. The second-order valence-corrected chi connectivity index (χ2v) is 15.9. The number of hydrogen-bond acceptors (Lipinski definition) is 14. The standard InChI is InChI=1S/C43H54N6O10S2/c1-32(2-3-33-6-10-36(11-7-33)48(20-24-50)21-25-51)14-17-44-28-40(54)45-38(42(56)57)30-60-61-31-39(43(58)59)46-41(55)29-47-18-15-35(16-19-47)5-4-34-8-12-37(13-9-34)49(22-26-52)23-27-53/h2-19,38-39,50-53H,20-31H2,1H3,(H3-,45,46,54,55,56,57,58,59)/b3-2+,32-14+,44-17?. The van der Waals surface area contributed by atoms with Gasteiger partial charge < -0.3 is 55.9 Å². The molecular weight excluding hydrogens is 825 g/mol. The molecule has 0 aliphatic carbocycles. The van der Waals surface area contributed by atoms with E-state index in [1.165, 1.54) is 6.21 Å². The minimum absolute atomic E-state index is 0.0213. The summed E-state index contributed by atoms with van der Waals surface area (Å²) in [5.74, 6) is -4.13. The molecule has 16 nitrogen and oxygen atoms in total. The van der Waals surface area contributed by atoms with Crippen molar-refractivity contribution in [2.24, 2.45) is 4.99 Å². The number of anilines is 2. The van der Waals surface area contributed by atoms with Crippen LogP contribution in [0.5, 0.6) is 0 Å². The Morgan fingerprint density at radius 1 is 0.705 bits per heavy atom. The molecule has 1 aromatic heterocycles. The molecule has 3 rings (SSSR count). The molecule has 1 heterocycles. The molecule has 2 unspecified atom stereocenters. The van der Waals surface area contributed by atoms with Crippen molar-refractivity contribution in [2.45, 2.75) is 25.6 Å². The van der Waals surface area contributed by atoms with Crippen LogP contribution in [0.2, 0.25) is 0 Å². The van der Waals surface area contributed by atoms with E-state index in [4.69, 9.17) is 0 Å². The molecule has 2 aromatic carbocycles. The topological polar surface area (TPSA) is 239 Å². The Morgan fingerprint density at radius 3 is 1.64 bits per heavy atom. The van der Waals surface area contributed by atoms with Crippen LogP contribution in [0.3, 0.4) is 0 Å². The summed E-state index contributed by atoms with van der Waals surface area (Å²) in [5.41, 5.74) is 5.36. The lowest BCUT2D eigenvalue weighted by molar-refractivity contribution is -0.684. The normalized spacial score (nSPS) is 12.8. The Bertz CT molecular complexity index is 1930. The van der Waals surface area contributed by atoms with Crippen molar-refractivity contribution in [1.82, 2.24) is 10.6 Å². The van der Waals surface area contributed by atoms with Crippen molar-refractivity contribution in [1.29, 1.82) is 0 Å². The first-order valence-corrected chi connectivity index (χ1v) is 21.9. The van der Waals surface area contributed by atoms with Crippen LogP contribution in [0.15, 0.2) is 95.8 Å². The average Bonchev–Trinajstić information content (AvgIpc) is 3.25. The van der Waals surface area contributed by atoms with Crippen molar-refractivity contribution >= 4 is 81.2 Å². The number of aliphatic carboxylic acids is 2. The van der Waals surface area contributed by atoms with E-state index in [9.17, 15) is 49.8 Å². The minimum atomic E-state index is -1.49. The summed E-state index contributed by atoms with van der Waals surface area (Å²) >= 11 is 0. The molecule has 2 amide bonds. The lowest BCUT2D eigenvalue weighted by Gasteiger charge is -2.22. The number of amides is 2. The molecular formula is C43H54N6O10S2. The van der Waals surface area contributed by atoms with Gasteiger partial charge in [-0.3, -0.25) is 14.6 Å². The monoisotopic (exact) mass is 878 g/mol. The zero-order valence-electron chi connectivity index (χ0n) is 33.9. The summed E-state index contributed by atoms with van der Waals surface area (Å²) in [6, 6.07) is 16.3. The number of pyridine rings is 1. The number of carbonyl (C=O) groups is 4. The number of aromatic nitrogens is 1. The van der Waals surface area contributed by atoms with Crippen LogP contribution in [-0.4, -0.2) is 138 Å². The van der Waals surface area contributed by atoms with E-state index >= 15 is 0 Å².